The molecule has 1 aromatic heterocycles. The van der Waals surface area contributed by atoms with Crippen molar-refractivity contribution in [1.82, 2.24) is 14.9 Å². The van der Waals surface area contributed by atoms with Crippen molar-refractivity contribution in [2.24, 2.45) is 0 Å². The second-order valence-corrected chi connectivity index (χ2v) is 8.36. The molecule has 0 radical (unpaired) electrons. The zero-order chi connectivity index (χ0) is 22.5. The van der Waals surface area contributed by atoms with Crippen LogP contribution in [0.15, 0.2) is 88.8 Å². The van der Waals surface area contributed by atoms with Crippen LogP contribution in [0.2, 0.25) is 0 Å². The first-order chi connectivity index (χ1) is 15.5. The van der Waals surface area contributed by atoms with Crippen LogP contribution in [0.25, 0.3) is 10.9 Å². The van der Waals surface area contributed by atoms with Gasteiger partial charge in [0.1, 0.15) is 5.82 Å². The van der Waals surface area contributed by atoms with Gasteiger partial charge in [-0.05, 0) is 42.3 Å². The van der Waals surface area contributed by atoms with E-state index in [1.165, 1.54) is 28.5 Å². The van der Waals surface area contributed by atoms with Crippen LogP contribution in [0.5, 0.6) is 0 Å². The maximum Gasteiger partial charge on any atom is 0.262 e. The van der Waals surface area contributed by atoms with E-state index in [2.05, 4.69) is 10.3 Å². The van der Waals surface area contributed by atoms with E-state index < -0.39 is 0 Å². The highest BCUT2D eigenvalue weighted by molar-refractivity contribution is 7.99. The van der Waals surface area contributed by atoms with Gasteiger partial charge >= 0.3 is 0 Å². The van der Waals surface area contributed by atoms with Gasteiger partial charge in [0, 0.05) is 0 Å². The fourth-order valence-corrected chi connectivity index (χ4v) is 4.22. The van der Waals surface area contributed by atoms with Crippen molar-refractivity contribution in [3.8, 4) is 0 Å². The van der Waals surface area contributed by atoms with E-state index in [0.29, 0.717) is 16.1 Å². The van der Waals surface area contributed by atoms with Crippen molar-refractivity contribution in [3.05, 3.63) is 106 Å². The molecule has 0 saturated heterocycles. The second kappa shape index (κ2) is 9.78. The summed E-state index contributed by atoms with van der Waals surface area (Å²) >= 11 is 1.21. The molecule has 0 aliphatic heterocycles. The van der Waals surface area contributed by atoms with Crippen LogP contribution in [0.3, 0.4) is 0 Å². The highest BCUT2D eigenvalue weighted by Gasteiger charge is 2.15. The fraction of sp³-hybridized carbons (Fsp3) is 0.160. The first kappa shape index (κ1) is 21.8. The number of para-hydroxylation sites is 1. The Balaban J connectivity index is 1.57. The number of benzene rings is 3. The Kier molecular flexibility index (Phi) is 6.66. The third-order valence-corrected chi connectivity index (χ3v) is 6.07. The van der Waals surface area contributed by atoms with Crippen molar-refractivity contribution in [1.29, 1.82) is 0 Å². The second-order valence-electron chi connectivity index (χ2n) is 7.42. The highest BCUT2D eigenvalue weighted by atomic mass is 32.2. The van der Waals surface area contributed by atoms with Crippen molar-refractivity contribution < 1.29 is 9.18 Å². The number of hydrogen-bond donors (Lipinski definition) is 1. The number of rotatable bonds is 7. The average Bonchev–Trinajstić information content (AvgIpc) is 2.81. The van der Waals surface area contributed by atoms with Crippen molar-refractivity contribution in [3.63, 3.8) is 0 Å². The van der Waals surface area contributed by atoms with Gasteiger partial charge in [-0.25, -0.2) is 9.37 Å². The Morgan fingerprint density at radius 1 is 1.03 bits per heavy atom. The molecular weight excluding hydrogens is 425 g/mol. The van der Waals surface area contributed by atoms with Gasteiger partial charge in [-0.1, -0.05) is 66.4 Å². The molecule has 1 atom stereocenters. The zero-order valence-corrected chi connectivity index (χ0v) is 18.3. The molecule has 0 aliphatic carbocycles. The van der Waals surface area contributed by atoms with Gasteiger partial charge in [-0.15, -0.1) is 0 Å². The number of nitrogens with one attached hydrogen (secondary N) is 1. The topological polar surface area (TPSA) is 64.0 Å². The summed E-state index contributed by atoms with van der Waals surface area (Å²) in [5.74, 6) is -0.371. The lowest BCUT2D eigenvalue weighted by atomic mass is 10.1. The molecule has 0 saturated carbocycles. The molecule has 3 aromatic carbocycles. The fourth-order valence-electron chi connectivity index (χ4n) is 3.41. The van der Waals surface area contributed by atoms with E-state index in [1.54, 1.807) is 30.3 Å². The van der Waals surface area contributed by atoms with Crippen molar-refractivity contribution in [2.45, 2.75) is 24.7 Å². The molecule has 7 heteroatoms. The Labute approximate surface area is 189 Å². The molecular formula is C25H22FN3O2S. The summed E-state index contributed by atoms with van der Waals surface area (Å²) in [6, 6.07) is 22.7. The molecule has 4 rings (SSSR count). The molecule has 0 aliphatic rings. The van der Waals surface area contributed by atoms with E-state index in [9.17, 15) is 14.0 Å². The van der Waals surface area contributed by atoms with Crippen molar-refractivity contribution in [2.75, 3.05) is 5.75 Å². The molecule has 0 bridgehead atoms. The summed E-state index contributed by atoms with van der Waals surface area (Å²) in [6.07, 6.45) is 0. The third kappa shape index (κ3) is 5.06. The quantitative estimate of drug-likeness (QED) is 0.333. The number of carbonyl (C=O) groups is 1. The van der Waals surface area contributed by atoms with E-state index in [1.807, 2.05) is 43.3 Å². The van der Waals surface area contributed by atoms with Gasteiger partial charge in [0.15, 0.2) is 5.16 Å². The highest BCUT2D eigenvalue weighted by Crippen LogP contribution is 2.20. The number of amides is 1. The molecule has 5 nitrogen and oxygen atoms in total. The Morgan fingerprint density at radius 2 is 1.72 bits per heavy atom. The molecule has 1 N–H and O–H groups in total. The molecule has 4 aromatic rings. The average molecular weight is 448 g/mol. The molecule has 1 amide bonds. The minimum absolute atomic E-state index is 0.116. The van der Waals surface area contributed by atoms with Crippen LogP contribution in [-0.2, 0) is 11.3 Å². The van der Waals surface area contributed by atoms with Gasteiger partial charge in [-0.2, -0.15) is 0 Å². The van der Waals surface area contributed by atoms with Gasteiger partial charge < -0.3 is 5.32 Å². The summed E-state index contributed by atoms with van der Waals surface area (Å²) in [6.45, 7) is 2.16. The Bertz CT molecular complexity index is 1290. The lowest BCUT2D eigenvalue weighted by Gasteiger charge is -2.15. The number of thioether (sulfide) groups is 1. The van der Waals surface area contributed by atoms with Gasteiger partial charge in [0.05, 0.1) is 29.2 Å². The van der Waals surface area contributed by atoms with E-state index in [0.717, 1.165) is 11.1 Å². The predicted octanol–water partition coefficient (Wildman–Crippen LogP) is 4.55. The maximum absolute atomic E-state index is 13.3. The summed E-state index contributed by atoms with van der Waals surface area (Å²) in [5, 5.41) is 3.92. The molecule has 162 valence electrons. The van der Waals surface area contributed by atoms with Crippen LogP contribution < -0.4 is 10.9 Å². The molecule has 0 spiro atoms. The SMILES string of the molecule is C[C@@H](NC(=O)CSc1nc2ccccc2c(=O)n1Cc1ccc(F)cc1)c1ccccc1. The van der Waals surface area contributed by atoms with E-state index in [4.69, 9.17) is 0 Å². The lowest BCUT2D eigenvalue weighted by molar-refractivity contribution is -0.119. The van der Waals surface area contributed by atoms with Crippen molar-refractivity contribution >= 4 is 28.6 Å². The summed E-state index contributed by atoms with van der Waals surface area (Å²) in [4.78, 5) is 30.4. The van der Waals surface area contributed by atoms with Crippen LogP contribution in [0.1, 0.15) is 24.1 Å². The standard InChI is InChI=1S/C25H22FN3O2S/c1-17(19-7-3-2-4-8-19)27-23(30)16-32-25-28-22-10-6-5-9-21(22)24(31)29(25)15-18-11-13-20(26)14-12-18/h2-14,17H,15-16H2,1H3,(H,27,30)/t17-/m1/s1. The minimum atomic E-state index is -0.337. The van der Waals surface area contributed by atoms with Gasteiger partial charge in [0.25, 0.3) is 5.56 Å². The Morgan fingerprint density at radius 3 is 2.47 bits per heavy atom. The molecule has 32 heavy (non-hydrogen) atoms. The largest absolute Gasteiger partial charge is 0.349 e. The number of aromatic nitrogens is 2. The zero-order valence-electron chi connectivity index (χ0n) is 17.5. The minimum Gasteiger partial charge on any atom is -0.349 e. The summed E-state index contributed by atoms with van der Waals surface area (Å²) in [5.41, 5.74) is 2.17. The summed E-state index contributed by atoms with van der Waals surface area (Å²) in [7, 11) is 0. The number of hydrogen-bond acceptors (Lipinski definition) is 4. The van der Waals surface area contributed by atoms with Gasteiger partial charge in [0.2, 0.25) is 5.91 Å². The van der Waals surface area contributed by atoms with Crippen LogP contribution in [0, 0.1) is 5.82 Å². The predicted molar refractivity (Wildman–Crippen MR) is 125 cm³/mol. The van der Waals surface area contributed by atoms with Gasteiger partial charge in [-0.3, -0.25) is 14.2 Å². The number of carbonyl (C=O) groups excluding carboxylic acids is 1. The monoisotopic (exact) mass is 447 g/mol. The molecule has 0 unspecified atom stereocenters. The van der Waals surface area contributed by atoms with E-state index >= 15 is 0 Å². The lowest BCUT2D eigenvalue weighted by Crippen LogP contribution is -2.29. The van der Waals surface area contributed by atoms with Crippen LogP contribution in [-0.4, -0.2) is 21.2 Å². The van der Waals surface area contributed by atoms with Crippen LogP contribution in [0.4, 0.5) is 4.39 Å². The maximum atomic E-state index is 13.3. The normalized spacial score (nSPS) is 11.9. The Hall–Kier alpha value is -3.45. The number of halogens is 1. The molecule has 0 fully saturated rings. The number of nitrogens with zero attached hydrogens (tertiary/aromatic N) is 2. The van der Waals surface area contributed by atoms with E-state index in [-0.39, 0.29) is 35.6 Å². The first-order valence-corrected chi connectivity index (χ1v) is 11.2. The van der Waals surface area contributed by atoms with Crippen LogP contribution >= 0.6 is 11.8 Å². The first-order valence-electron chi connectivity index (χ1n) is 10.2. The summed E-state index contributed by atoms with van der Waals surface area (Å²) < 4.78 is 14.8. The molecule has 1 heterocycles. The third-order valence-electron chi connectivity index (χ3n) is 5.09. The number of fused-ring (bicyclic) bond motifs is 1. The smallest absolute Gasteiger partial charge is 0.262 e.